The van der Waals surface area contributed by atoms with Crippen LogP contribution in [0.1, 0.15) is 152 Å². The molecule has 0 aromatic heterocycles. The number of hydrogen-bond acceptors (Lipinski definition) is 2. The topological polar surface area (TPSA) is 18.5 Å². The minimum absolute atomic E-state index is 0.0615. The van der Waals surface area contributed by atoms with Crippen molar-refractivity contribution in [3.63, 3.8) is 0 Å². The zero-order chi connectivity index (χ0) is 52.7. The lowest BCUT2D eigenvalue weighted by Gasteiger charge is -2.34. The van der Waals surface area contributed by atoms with Gasteiger partial charge in [-0.3, -0.25) is 0 Å². The molecule has 10 aromatic rings. The van der Waals surface area contributed by atoms with E-state index in [4.69, 9.17) is 9.47 Å². The number of hydrogen-bond donors (Lipinski definition) is 0. The van der Waals surface area contributed by atoms with Crippen LogP contribution in [0.25, 0.3) is 99.1 Å². The van der Waals surface area contributed by atoms with Gasteiger partial charge < -0.3 is 9.47 Å². The largest absolute Gasteiger partial charge is 0.497 e. The number of ether oxygens (including phenoxy) is 2. The maximum atomic E-state index is 6.31. The van der Waals surface area contributed by atoms with Crippen molar-refractivity contribution in [1.82, 2.24) is 0 Å². The zero-order valence-corrected chi connectivity index (χ0v) is 47.0. The molecule has 2 nitrogen and oxygen atoms in total. The van der Waals surface area contributed by atoms with Gasteiger partial charge in [0.25, 0.3) is 0 Å². The molecule has 4 heterocycles. The van der Waals surface area contributed by atoms with Gasteiger partial charge >= 0.3 is 0 Å². The van der Waals surface area contributed by atoms with Gasteiger partial charge in [0.1, 0.15) is 11.5 Å². The summed E-state index contributed by atoms with van der Waals surface area (Å²) in [6.07, 6.45) is 0. The third-order valence-corrected chi connectivity index (χ3v) is 18.6. The first kappa shape index (κ1) is 47.4. The summed E-state index contributed by atoms with van der Waals surface area (Å²) in [6, 6.07) is 48.8. The molecule has 0 bridgehead atoms. The van der Waals surface area contributed by atoms with Crippen molar-refractivity contribution in [1.29, 1.82) is 0 Å². The van der Waals surface area contributed by atoms with E-state index in [9.17, 15) is 0 Å². The standard InChI is InChI=1S/C72H68B2O2/c1-35(2)41-23-47(37(5)6)65(48(24-41)38(7)8)51-31-53-59-29-43(75-13)27-57-45-19-16-18-22-62(45)74(71(57)59)64-34-56-52(66-49(39(9)10)25-42(36(3)4)26-50(66)40(11)12)32-54-60-30-44(76-14)28-58-46-20-15-17-21-61(46)73(72(58)60)63-33-55(51)69(67(53)64)70(56)68(54)63/h15-40H,1-14H3. The van der Waals surface area contributed by atoms with Crippen molar-refractivity contribution in [2.75, 3.05) is 14.2 Å². The minimum Gasteiger partial charge on any atom is -0.497 e. The number of benzene rings is 10. The Balaban J connectivity index is 1.28. The summed E-state index contributed by atoms with van der Waals surface area (Å²) in [4.78, 5) is 0. The third-order valence-electron chi connectivity index (χ3n) is 18.6. The number of rotatable bonds is 10. The normalized spacial score (nSPS) is 13.5. The van der Waals surface area contributed by atoms with Crippen LogP contribution in [-0.2, 0) is 0 Å². The molecule has 4 heteroatoms. The second-order valence-electron chi connectivity index (χ2n) is 24.9. The second kappa shape index (κ2) is 16.7. The molecule has 0 N–H and O–H groups in total. The summed E-state index contributed by atoms with van der Waals surface area (Å²) in [7, 11) is 3.67. The van der Waals surface area contributed by atoms with Crippen molar-refractivity contribution in [2.24, 2.45) is 0 Å². The van der Waals surface area contributed by atoms with Gasteiger partial charge in [-0.25, -0.2) is 0 Å². The Morgan fingerprint density at radius 2 is 0.632 bits per heavy atom. The maximum absolute atomic E-state index is 6.31. The maximum Gasteiger partial charge on any atom is 0.244 e. The van der Waals surface area contributed by atoms with Crippen LogP contribution in [0, 0.1) is 0 Å². The molecule has 374 valence electrons. The summed E-state index contributed by atoms with van der Waals surface area (Å²) in [5, 5.41) is 8.29. The summed E-state index contributed by atoms with van der Waals surface area (Å²) in [6.45, 7) is 28.8. The smallest absolute Gasteiger partial charge is 0.244 e. The lowest BCUT2D eigenvalue weighted by molar-refractivity contribution is 0.415. The zero-order valence-electron chi connectivity index (χ0n) is 47.0. The molecule has 14 rings (SSSR count). The molecule has 10 aromatic carbocycles. The lowest BCUT2D eigenvalue weighted by Crippen LogP contribution is -2.53. The molecule has 0 saturated carbocycles. The molecule has 76 heavy (non-hydrogen) atoms. The second-order valence-corrected chi connectivity index (χ2v) is 24.9. The van der Waals surface area contributed by atoms with E-state index in [1.807, 2.05) is 14.2 Å². The first-order valence-corrected chi connectivity index (χ1v) is 28.4. The van der Waals surface area contributed by atoms with Crippen LogP contribution in [0.3, 0.4) is 0 Å². The molecule has 0 fully saturated rings. The Morgan fingerprint density at radius 1 is 0.303 bits per heavy atom. The van der Waals surface area contributed by atoms with Gasteiger partial charge in [-0.15, -0.1) is 0 Å². The van der Waals surface area contributed by atoms with Gasteiger partial charge in [-0.05, 0) is 204 Å². The van der Waals surface area contributed by atoms with Crippen molar-refractivity contribution < 1.29 is 9.47 Å². The van der Waals surface area contributed by atoms with E-state index in [1.54, 1.807) is 0 Å². The van der Waals surface area contributed by atoms with Crippen LogP contribution >= 0.6 is 0 Å². The fourth-order valence-electron chi connectivity index (χ4n) is 15.0. The Hall–Kier alpha value is -7.03. The van der Waals surface area contributed by atoms with Crippen LogP contribution in [0.4, 0.5) is 0 Å². The highest BCUT2D eigenvalue weighted by Crippen LogP contribution is 2.54. The van der Waals surface area contributed by atoms with Gasteiger partial charge in [-0.1, -0.05) is 201 Å². The molecule has 4 aliphatic heterocycles. The van der Waals surface area contributed by atoms with E-state index < -0.39 is 0 Å². The van der Waals surface area contributed by atoms with Crippen LogP contribution in [0.5, 0.6) is 11.5 Å². The Morgan fingerprint density at radius 3 is 0.947 bits per heavy atom. The molecule has 0 aliphatic carbocycles. The van der Waals surface area contributed by atoms with E-state index in [0.29, 0.717) is 35.5 Å². The van der Waals surface area contributed by atoms with Crippen molar-refractivity contribution in [2.45, 2.75) is 119 Å². The molecule has 0 atom stereocenters. The average Bonchev–Trinajstić information content (AvgIpc) is 3.68. The highest BCUT2D eigenvalue weighted by Gasteiger charge is 2.45. The van der Waals surface area contributed by atoms with Crippen molar-refractivity contribution in [3.8, 4) is 78.3 Å². The summed E-state index contributed by atoms with van der Waals surface area (Å²) in [5.41, 5.74) is 32.9. The fourth-order valence-corrected chi connectivity index (χ4v) is 15.0. The molecular formula is C72H68B2O2. The Labute approximate surface area is 451 Å². The van der Waals surface area contributed by atoms with Gasteiger partial charge in [-0.2, -0.15) is 0 Å². The van der Waals surface area contributed by atoms with E-state index in [0.717, 1.165) is 11.5 Å². The van der Waals surface area contributed by atoms with E-state index in [1.165, 1.54) is 165 Å². The van der Waals surface area contributed by atoms with E-state index >= 15 is 0 Å². The lowest BCUT2D eigenvalue weighted by atomic mass is 9.34. The molecule has 0 amide bonds. The van der Waals surface area contributed by atoms with Crippen molar-refractivity contribution >= 4 is 78.5 Å². The van der Waals surface area contributed by atoms with Crippen LogP contribution in [0.2, 0.25) is 0 Å². The monoisotopic (exact) mass is 987 g/mol. The molecule has 0 radical (unpaired) electrons. The number of methoxy groups -OCH3 is 2. The van der Waals surface area contributed by atoms with Gasteiger partial charge in [0, 0.05) is 0 Å². The third kappa shape index (κ3) is 6.31. The highest BCUT2D eigenvalue weighted by molar-refractivity contribution is 7.03. The molecule has 0 saturated heterocycles. The average molecular weight is 987 g/mol. The predicted octanol–water partition coefficient (Wildman–Crippen LogP) is 15.6. The molecular weight excluding hydrogens is 918 g/mol. The Bertz CT molecular complexity index is 3840. The van der Waals surface area contributed by atoms with Crippen LogP contribution < -0.4 is 42.3 Å². The van der Waals surface area contributed by atoms with Crippen LogP contribution in [-0.4, -0.2) is 27.6 Å². The molecule has 4 aliphatic rings. The quantitative estimate of drug-likeness (QED) is 0.100. The van der Waals surface area contributed by atoms with Crippen molar-refractivity contribution in [3.05, 3.63) is 155 Å². The number of fused-ring (bicyclic) bond motifs is 10. The van der Waals surface area contributed by atoms with Crippen LogP contribution in [0.15, 0.2) is 121 Å². The Kier molecular flexibility index (Phi) is 10.4. The predicted molar refractivity (Wildman–Crippen MR) is 330 cm³/mol. The van der Waals surface area contributed by atoms with Gasteiger partial charge in [0.05, 0.1) is 14.2 Å². The first-order valence-electron chi connectivity index (χ1n) is 28.4. The fraction of sp³-hybridized carbons (Fsp3) is 0.278. The molecule has 0 spiro atoms. The first-order chi connectivity index (χ1) is 36.6. The van der Waals surface area contributed by atoms with E-state index in [2.05, 4.69) is 204 Å². The summed E-state index contributed by atoms with van der Waals surface area (Å²) in [5.74, 6) is 3.83. The SMILES string of the molecule is COc1cc2c3c(c1)-c1cc(-c4c(C(C)C)cc(C(C)C)cc4C(C)C)c4cc5c6c(cc(-c7c(C(C)C)cc(C(C)C)cc7C(C)C)c7cc(c1c4c76)B3c1ccccc1-2)-c1cc(OC)cc2c1B5c1ccccc1-2. The summed E-state index contributed by atoms with van der Waals surface area (Å²) >= 11 is 0. The minimum atomic E-state index is 0.0615. The van der Waals surface area contributed by atoms with Gasteiger partial charge in [0.15, 0.2) is 0 Å². The van der Waals surface area contributed by atoms with E-state index in [-0.39, 0.29) is 13.4 Å². The highest BCUT2D eigenvalue weighted by atomic mass is 16.5. The molecule has 0 unspecified atom stereocenters. The van der Waals surface area contributed by atoms with Gasteiger partial charge in [0.2, 0.25) is 13.4 Å². The summed E-state index contributed by atoms with van der Waals surface area (Å²) < 4.78 is 12.6.